The molecular formula is C10H11FO. The van der Waals surface area contributed by atoms with Crippen molar-refractivity contribution in [3.8, 4) is 5.75 Å². The number of aryl methyl sites for hydroxylation is 2. The third-order valence-electron chi connectivity index (χ3n) is 2.15. The van der Waals surface area contributed by atoms with E-state index in [-0.39, 0.29) is 5.82 Å². The molecule has 0 saturated heterocycles. The number of ether oxygens (including phenoxy) is 1. The van der Waals surface area contributed by atoms with E-state index in [1.165, 1.54) is 6.07 Å². The van der Waals surface area contributed by atoms with E-state index in [0.717, 1.165) is 36.3 Å². The molecule has 0 saturated carbocycles. The molecule has 0 radical (unpaired) electrons. The Bertz CT molecular complexity index is 307. The van der Waals surface area contributed by atoms with Crippen LogP contribution < -0.4 is 4.74 Å². The molecule has 0 fully saturated rings. The molecule has 0 bridgehead atoms. The summed E-state index contributed by atoms with van der Waals surface area (Å²) in [6.07, 6.45) is 1.93. The Labute approximate surface area is 71.2 Å². The molecule has 0 amide bonds. The van der Waals surface area contributed by atoms with E-state index < -0.39 is 0 Å². The van der Waals surface area contributed by atoms with Crippen LogP contribution >= 0.6 is 0 Å². The van der Waals surface area contributed by atoms with Crippen molar-refractivity contribution in [3.05, 3.63) is 29.1 Å². The second-order valence-corrected chi connectivity index (χ2v) is 3.16. The van der Waals surface area contributed by atoms with E-state index in [0.29, 0.717) is 0 Å². The maximum atomic E-state index is 12.9. The first kappa shape index (κ1) is 7.59. The van der Waals surface area contributed by atoms with Gasteiger partial charge in [-0.2, -0.15) is 0 Å². The quantitative estimate of drug-likeness (QED) is 0.575. The molecule has 2 rings (SSSR count). The van der Waals surface area contributed by atoms with Gasteiger partial charge in [0.1, 0.15) is 11.6 Å². The largest absolute Gasteiger partial charge is 0.493 e. The smallest absolute Gasteiger partial charge is 0.125 e. The fraction of sp³-hybridized carbons (Fsp3) is 0.400. The summed E-state index contributed by atoms with van der Waals surface area (Å²) in [5, 5.41) is 0. The van der Waals surface area contributed by atoms with Crippen LogP contribution in [0.15, 0.2) is 12.1 Å². The first-order valence-electron chi connectivity index (χ1n) is 4.19. The normalized spacial score (nSPS) is 15.2. The summed E-state index contributed by atoms with van der Waals surface area (Å²) in [6, 6.07) is 3.09. The molecule has 1 aliphatic rings. The zero-order chi connectivity index (χ0) is 8.55. The van der Waals surface area contributed by atoms with E-state index in [1.54, 1.807) is 6.07 Å². The Hall–Kier alpha value is -1.05. The minimum absolute atomic E-state index is 0.156. The summed E-state index contributed by atoms with van der Waals surface area (Å²) in [5.41, 5.74) is 1.92. The standard InChI is InChI=1S/C10H11FO/c1-7-5-9(11)6-8-3-2-4-12-10(7)8/h5-6H,2-4H2,1H3. The molecule has 1 nitrogen and oxygen atoms in total. The number of hydrogen-bond acceptors (Lipinski definition) is 1. The molecule has 0 N–H and O–H groups in total. The van der Waals surface area contributed by atoms with Crippen molar-refractivity contribution in [2.45, 2.75) is 19.8 Å². The predicted molar refractivity (Wildman–Crippen MR) is 45.0 cm³/mol. The molecule has 64 valence electrons. The Morgan fingerprint density at radius 3 is 3.08 bits per heavy atom. The van der Waals surface area contributed by atoms with Gasteiger partial charge < -0.3 is 4.74 Å². The lowest BCUT2D eigenvalue weighted by molar-refractivity contribution is 0.285. The van der Waals surface area contributed by atoms with Crippen LogP contribution in [0.2, 0.25) is 0 Å². The molecule has 0 aliphatic carbocycles. The Morgan fingerprint density at radius 1 is 1.42 bits per heavy atom. The van der Waals surface area contributed by atoms with Gasteiger partial charge in [0.05, 0.1) is 6.61 Å². The molecule has 12 heavy (non-hydrogen) atoms. The Kier molecular flexibility index (Phi) is 1.75. The molecule has 1 heterocycles. The van der Waals surface area contributed by atoms with Crippen molar-refractivity contribution < 1.29 is 9.13 Å². The minimum atomic E-state index is -0.156. The summed E-state index contributed by atoms with van der Waals surface area (Å²) in [5.74, 6) is 0.736. The lowest BCUT2D eigenvalue weighted by Crippen LogP contribution is -2.09. The lowest BCUT2D eigenvalue weighted by atomic mass is 10.0. The van der Waals surface area contributed by atoms with Gasteiger partial charge in [-0.05, 0) is 43.0 Å². The number of benzene rings is 1. The van der Waals surface area contributed by atoms with Crippen LogP contribution in [-0.2, 0) is 6.42 Å². The highest BCUT2D eigenvalue weighted by Crippen LogP contribution is 2.29. The Balaban J connectivity index is 2.53. The summed E-state index contributed by atoms with van der Waals surface area (Å²) in [7, 11) is 0. The summed E-state index contributed by atoms with van der Waals surface area (Å²) in [4.78, 5) is 0. The first-order chi connectivity index (χ1) is 5.77. The minimum Gasteiger partial charge on any atom is -0.493 e. The molecule has 0 unspecified atom stereocenters. The van der Waals surface area contributed by atoms with E-state index in [4.69, 9.17) is 4.74 Å². The average Bonchev–Trinajstić information content (AvgIpc) is 2.04. The maximum absolute atomic E-state index is 12.9. The van der Waals surface area contributed by atoms with Crippen LogP contribution in [0.3, 0.4) is 0 Å². The third-order valence-corrected chi connectivity index (χ3v) is 2.15. The summed E-state index contributed by atoms with van der Waals surface area (Å²) < 4.78 is 18.3. The van der Waals surface area contributed by atoms with E-state index >= 15 is 0 Å². The van der Waals surface area contributed by atoms with Crippen molar-refractivity contribution >= 4 is 0 Å². The van der Waals surface area contributed by atoms with Crippen LogP contribution in [-0.4, -0.2) is 6.61 Å². The van der Waals surface area contributed by atoms with Crippen molar-refractivity contribution in [1.82, 2.24) is 0 Å². The van der Waals surface area contributed by atoms with Gasteiger partial charge in [0, 0.05) is 0 Å². The second kappa shape index (κ2) is 2.77. The summed E-state index contributed by atoms with van der Waals surface area (Å²) in [6.45, 7) is 2.65. The highest BCUT2D eigenvalue weighted by molar-refractivity contribution is 5.42. The van der Waals surface area contributed by atoms with Gasteiger partial charge in [0.25, 0.3) is 0 Å². The van der Waals surface area contributed by atoms with Crippen molar-refractivity contribution in [3.63, 3.8) is 0 Å². The average molecular weight is 166 g/mol. The van der Waals surface area contributed by atoms with Crippen LogP contribution in [0.1, 0.15) is 17.5 Å². The van der Waals surface area contributed by atoms with E-state index in [2.05, 4.69) is 0 Å². The van der Waals surface area contributed by atoms with Crippen LogP contribution in [0.25, 0.3) is 0 Å². The highest BCUT2D eigenvalue weighted by Gasteiger charge is 2.13. The van der Waals surface area contributed by atoms with Crippen LogP contribution in [0, 0.1) is 12.7 Å². The van der Waals surface area contributed by atoms with E-state index in [9.17, 15) is 4.39 Å². The Morgan fingerprint density at radius 2 is 2.25 bits per heavy atom. The molecule has 0 spiro atoms. The van der Waals surface area contributed by atoms with Crippen molar-refractivity contribution in [2.24, 2.45) is 0 Å². The van der Waals surface area contributed by atoms with Gasteiger partial charge in [0.15, 0.2) is 0 Å². The van der Waals surface area contributed by atoms with Gasteiger partial charge in [-0.1, -0.05) is 0 Å². The number of hydrogen-bond donors (Lipinski definition) is 0. The molecule has 1 aliphatic heterocycles. The second-order valence-electron chi connectivity index (χ2n) is 3.16. The topological polar surface area (TPSA) is 9.23 Å². The number of fused-ring (bicyclic) bond motifs is 1. The molecule has 1 aromatic rings. The lowest BCUT2D eigenvalue weighted by Gasteiger charge is -2.18. The van der Waals surface area contributed by atoms with Gasteiger partial charge in [-0.25, -0.2) is 4.39 Å². The highest BCUT2D eigenvalue weighted by atomic mass is 19.1. The zero-order valence-corrected chi connectivity index (χ0v) is 7.06. The van der Waals surface area contributed by atoms with Crippen molar-refractivity contribution in [1.29, 1.82) is 0 Å². The monoisotopic (exact) mass is 166 g/mol. The zero-order valence-electron chi connectivity index (χ0n) is 7.06. The number of rotatable bonds is 0. The number of halogens is 1. The molecule has 0 atom stereocenters. The fourth-order valence-electron chi connectivity index (χ4n) is 1.63. The van der Waals surface area contributed by atoms with Crippen LogP contribution in [0.4, 0.5) is 4.39 Å². The van der Waals surface area contributed by atoms with Crippen LogP contribution in [0.5, 0.6) is 5.75 Å². The van der Waals surface area contributed by atoms with E-state index in [1.807, 2.05) is 6.92 Å². The van der Waals surface area contributed by atoms with Gasteiger partial charge in [-0.15, -0.1) is 0 Å². The van der Waals surface area contributed by atoms with Gasteiger partial charge in [-0.3, -0.25) is 0 Å². The maximum Gasteiger partial charge on any atom is 0.125 e. The molecule has 1 aromatic carbocycles. The fourth-order valence-corrected chi connectivity index (χ4v) is 1.63. The van der Waals surface area contributed by atoms with Gasteiger partial charge >= 0.3 is 0 Å². The first-order valence-corrected chi connectivity index (χ1v) is 4.19. The SMILES string of the molecule is Cc1cc(F)cc2c1OCCC2. The molecule has 2 heteroatoms. The molecular weight excluding hydrogens is 155 g/mol. The molecule has 0 aromatic heterocycles. The van der Waals surface area contributed by atoms with Crippen molar-refractivity contribution in [2.75, 3.05) is 6.61 Å². The third kappa shape index (κ3) is 1.17. The van der Waals surface area contributed by atoms with Gasteiger partial charge in [0.2, 0.25) is 0 Å². The summed E-state index contributed by atoms with van der Waals surface area (Å²) >= 11 is 0. The predicted octanol–water partition coefficient (Wildman–Crippen LogP) is 2.46.